The summed E-state index contributed by atoms with van der Waals surface area (Å²) in [4.78, 5) is 9.27. The average molecular weight is 285 g/mol. The Kier molecular flexibility index (Phi) is 5.14. The Morgan fingerprint density at radius 3 is 2.67 bits per heavy atom. The van der Waals surface area contributed by atoms with Gasteiger partial charge in [-0.1, -0.05) is 26.0 Å². The molecule has 1 aromatic heterocycles. The first-order chi connectivity index (χ1) is 10.1. The third-order valence-corrected chi connectivity index (χ3v) is 3.24. The summed E-state index contributed by atoms with van der Waals surface area (Å²) in [5, 5.41) is 3.28. The van der Waals surface area contributed by atoms with Crippen LogP contribution in [0.25, 0.3) is 0 Å². The van der Waals surface area contributed by atoms with Gasteiger partial charge in [-0.2, -0.15) is 0 Å². The largest absolute Gasteiger partial charge is 0.497 e. The average Bonchev–Trinajstić information content (AvgIpc) is 2.47. The molecule has 0 aliphatic heterocycles. The number of hydrogen-bond donors (Lipinski definition) is 1. The molecule has 4 heteroatoms. The van der Waals surface area contributed by atoms with E-state index in [1.54, 1.807) is 7.11 Å². The van der Waals surface area contributed by atoms with Crippen molar-refractivity contribution < 1.29 is 4.74 Å². The van der Waals surface area contributed by atoms with E-state index in [2.05, 4.69) is 42.1 Å². The number of methoxy groups -OCH3 is 1. The predicted octanol–water partition coefficient (Wildman–Crippen LogP) is 3.63. The lowest BCUT2D eigenvalue weighted by Crippen LogP contribution is -2.07. The molecule has 0 fully saturated rings. The van der Waals surface area contributed by atoms with Crippen LogP contribution in [0.3, 0.4) is 0 Å². The van der Waals surface area contributed by atoms with Crippen molar-refractivity contribution in [2.24, 2.45) is 0 Å². The van der Waals surface area contributed by atoms with Gasteiger partial charge in [-0.05, 0) is 30.5 Å². The van der Waals surface area contributed by atoms with Gasteiger partial charge in [-0.3, -0.25) is 0 Å². The van der Waals surface area contributed by atoms with Gasteiger partial charge in [0.15, 0.2) is 0 Å². The molecule has 1 aromatic carbocycles. The molecule has 0 aliphatic carbocycles. The standard InChI is InChI=1S/C17H23N3O/c1-5-18-16-11-15(12(2)3)19-17(20-16)10-13-7-6-8-14(9-13)21-4/h6-9,11-12H,5,10H2,1-4H3,(H,18,19,20). The van der Waals surface area contributed by atoms with Gasteiger partial charge in [0.2, 0.25) is 0 Å². The Morgan fingerprint density at radius 2 is 2.00 bits per heavy atom. The Morgan fingerprint density at radius 1 is 1.19 bits per heavy atom. The van der Waals surface area contributed by atoms with Gasteiger partial charge in [-0.25, -0.2) is 9.97 Å². The second-order valence-electron chi connectivity index (χ2n) is 5.31. The highest BCUT2D eigenvalue weighted by atomic mass is 16.5. The molecule has 0 bridgehead atoms. The topological polar surface area (TPSA) is 47.0 Å². The van der Waals surface area contributed by atoms with E-state index in [9.17, 15) is 0 Å². The van der Waals surface area contributed by atoms with Crippen LogP contribution in [0.15, 0.2) is 30.3 Å². The molecule has 0 saturated heterocycles. The fourth-order valence-electron chi connectivity index (χ4n) is 2.13. The fourth-order valence-corrected chi connectivity index (χ4v) is 2.13. The predicted molar refractivity (Wildman–Crippen MR) is 86.1 cm³/mol. The first kappa shape index (κ1) is 15.3. The summed E-state index contributed by atoms with van der Waals surface area (Å²) in [5.41, 5.74) is 2.22. The van der Waals surface area contributed by atoms with Crippen LogP contribution in [0.2, 0.25) is 0 Å². The number of hydrogen-bond acceptors (Lipinski definition) is 4. The van der Waals surface area contributed by atoms with E-state index in [-0.39, 0.29) is 0 Å². The summed E-state index contributed by atoms with van der Waals surface area (Å²) in [6, 6.07) is 10.1. The number of ether oxygens (including phenoxy) is 1. The Balaban J connectivity index is 2.29. The van der Waals surface area contributed by atoms with Crippen LogP contribution in [0.4, 0.5) is 5.82 Å². The molecule has 1 N–H and O–H groups in total. The van der Waals surface area contributed by atoms with Crippen molar-refractivity contribution in [1.29, 1.82) is 0 Å². The quantitative estimate of drug-likeness (QED) is 0.880. The Labute approximate surface area is 126 Å². The summed E-state index contributed by atoms with van der Waals surface area (Å²) >= 11 is 0. The van der Waals surface area contributed by atoms with Gasteiger partial charge in [0.1, 0.15) is 17.4 Å². The zero-order chi connectivity index (χ0) is 15.2. The highest BCUT2D eigenvalue weighted by Crippen LogP contribution is 2.19. The zero-order valence-electron chi connectivity index (χ0n) is 13.2. The molecular weight excluding hydrogens is 262 g/mol. The minimum atomic E-state index is 0.384. The number of rotatable bonds is 6. The van der Waals surface area contributed by atoms with Crippen molar-refractivity contribution in [2.75, 3.05) is 19.0 Å². The normalized spacial score (nSPS) is 10.7. The minimum Gasteiger partial charge on any atom is -0.497 e. The monoisotopic (exact) mass is 285 g/mol. The lowest BCUT2D eigenvalue weighted by molar-refractivity contribution is 0.414. The summed E-state index contributed by atoms with van der Waals surface area (Å²) in [5.74, 6) is 2.98. The van der Waals surface area contributed by atoms with Gasteiger partial charge in [0, 0.05) is 24.7 Å². The van der Waals surface area contributed by atoms with E-state index in [4.69, 9.17) is 4.74 Å². The minimum absolute atomic E-state index is 0.384. The first-order valence-electron chi connectivity index (χ1n) is 7.37. The summed E-state index contributed by atoms with van der Waals surface area (Å²) in [6.45, 7) is 7.22. The summed E-state index contributed by atoms with van der Waals surface area (Å²) in [6.07, 6.45) is 0.705. The van der Waals surface area contributed by atoms with Gasteiger partial charge in [-0.15, -0.1) is 0 Å². The Bertz CT molecular complexity index is 596. The van der Waals surface area contributed by atoms with E-state index in [1.165, 1.54) is 0 Å². The number of benzene rings is 1. The van der Waals surface area contributed by atoms with Crippen LogP contribution in [0, 0.1) is 0 Å². The summed E-state index contributed by atoms with van der Waals surface area (Å²) < 4.78 is 5.26. The first-order valence-corrected chi connectivity index (χ1v) is 7.37. The van der Waals surface area contributed by atoms with Crippen LogP contribution in [-0.2, 0) is 6.42 Å². The molecule has 4 nitrogen and oxygen atoms in total. The van der Waals surface area contributed by atoms with E-state index in [0.717, 1.165) is 35.2 Å². The zero-order valence-corrected chi connectivity index (χ0v) is 13.2. The summed E-state index contributed by atoms with van der Waals surface area (Å²) in [7, 11) is 1.68. The Hall–Kier alpha value is -2.10. The van der Waals surface area contributed by atoms with Gasteiger partial charge in [0.05, 0.1) is 7.11 Å². The molecule has 112 valence electrons. The van der Waals surface area contributed by atoms with Gasteiger partial charge < -0.3 is 10.1 Å². The van der Waals surface area contributed by atoms with Crippen molar-refractivity contribution in [2.45, 2.75) is 33.1 Å². The molecule has 0 atom stereocenters. The molecule has 1 heterocycles. The van der Waals surface area contributed by atoms with Crippen molar-refractivity contribution in [3.05, 3.63) is 47.4 Å². The lowest BCUT2D eigenvalue weighted by Gasteiger charge is -2.11. The lowest BCUT2D eigenvalue weighted by atomic mass is 10.1. The number of nitrogens with one attached hydrogen (secondary N) is 1. The smallest absolute Gasteiger partial charge is 0.135 e. The third-order valence-electron chi connectivity index (χ3n) is 3.24. The van der Waals surface area contributed by atoms with Crippen LogP contribution < -0.4 is 10.1 Å². The van der Waals surface area contributed by atoms with E-state index >= 15 is 0 Å². The third kappa shape index (κ3) is 4.18. The molecule has 0 spiro atoms. The van der Waals surface area contributed by atoms with Gasteiger partial charge in [0.25, 0.3) is 0 Å². The van der Waals surface area contributed by atoms with E-state index in [0.29, 0.717) is 12.3 Å². The van der Waals surface area contributed by atoms with Crippen LogP contribution in [0.1, 0.15) is 43.8 Å². The van der Waals surface area contributed by atoms with Crippen molar-refractivity contribution in [3.8, 4) is 5.75 Å². The van der Waals surface area contributed by atoms with Crippen molar-refractivity contribution in [1.82, 2.24) is 9.97 Å². The van der Waals surface area contributed by atoms with Gasteiger partial charge >= 0.3 is 0 Å². The van der Waals surface area contributed by atoms with Crippen LogP contribution >= 0.6 is 0 Å². The van der Waals surface area contributed by atoms with Crippen molar-refractivity contribution >= 4 is 5.82 Å². The van der Waals surface area contributed by atoms with E-state index in [1.807, 2.05) is 24.3 Å². The van der Waals surface area contributed by atoms with Crippen LogP contribution in [0.5, 0.6) is 5.75 Å². The highest BCUT2D eigenvalue weighted by molar-refractivity contribution is 5.38. The SMILES string of the molecule is CCNc1cc(C(C)C)nc(Cc2cccc(OC)c2)n1. The molecule has 0 aliphatic rings. The molecule has 0 unspecified atom stereocenters. The van der Waals surface area contributed by atoms with E-state index < -0.39 is 0 Å². The number of aromatic nitrogens is 2. The van der Waals surface area contributed by atoms with Crippen LogP contribution in [-0.4, -0.2) is 23.6 Å². The number of anilines is 1. The second kappa shape index (κ2) is 7.07. The molecule has 0 amide bonds. The molecule has 2 rings (SSSR count). The number of nitrogens with zero attached hydrogens (tertiary/aromatic N) is 2. The molecule has 0 saturated carbocycles. The second-order valence-corrected chi connectivity index (χ2v) is 5.31. The maximum absolute atomic E-state index is 5.26. The fraction of sp³-hybridized carbons (Fsp3) is 0.412. The molecule has 21 heavy (non-hydrogen) atoms. The molecular formula is C17H23N3O. The van der Waals surface area contributed by atoms with Crippen molar-refractivity contribution in [3.63, 3.8) is 0 Å². The maximum atomic E-state index is 5.26. The maximum Gasteiger partial charge on any atom is 0.135 e. The highest BCUT2D eigenvalue weighted by Gasteiger charge is 2.08. The molecule has 0 radical (unpaired) electrons. The molecule has 2 aromatic rings.